The summed E-state index contributed by atoms with van der Waals surface area (Å²) in [5.41, 5.74) is 3.49. The number of carbonyl (C=O) groups is 1. The number of ether oxygens (including phenoxy) is 1. The third-order valence-electron chi connectivity index (χ3n) is 3.30. The average Bonchev–Trinajstić information content (AvgIpc) is 2.30. The highest BCUT2D eigenvalue weighted by Crippen LogP contribution is 2.23. The second kappa shape index (κ2) is 5.85. The number of ketones is 1. The predicted octanol–water partition coefficient (Wildman–Crippen LogP) is 3.61. The molecular weight excluding hydrogens is 212 g/mol. The third-order valence-corrected chi connectivity index (χ3v) is 3.30. The number of benzene rings is 1. The van der Waals surface area contributed by atoms with Crippen LogP contribution < -0.4 is 4.74 Å². The van der Waals surface area contributed by atoms with E-state index in [4.69, 9.17) is 4.74 Å². The van der Waals surface area contributed by atoms with Gasteiger partial charge in [-0.2, -0.15) is 0 Å². The number of hydrogen-bond donors (Lipinski definition) is 0. The van der Waals surface area contributed by atoms with E-state index in [1.807, 2.05) is 33.8 Å². The quantitative estimate of drug-likeness (QED) is 0.778. The molecule has 0 saturated heterocycles. The zero-order valence-electron chi connectivity index (χ0n) is 11.5. The van der Waals surface area contributed by atoms with Crippen molar-refractivity contribution in [2.75, 3.05) is 6.61 Å². The summed E-state index contributed by atoms with van der Waals surface area (Å²) in [5, 5.41) is 0. The van der Waals surface area contributed by atoms with Gasteiger partial charge in [0.15, 0.2) is 5.78 Å². The first-order chi connectivity index (χ1) is 7.95. The van der Waals surface area contributed by atoms with Crippen LogP contribution in [0, 0.1) is 26.7 Å². The molecule has 0 saturated carbocycles. The third kappa shape index (κ3) is 3.58. The van der Waals surface area contributed by atoms with Gasteiger partial charge in [-0.1, -0.05) is 19.9 Å². The van der Waals surface area contributed by atoms with Crippen LogP contribution in [0.4, 0.5) is 0 Å². The lowest BCUT2D eigenvalue weighted by molar-refractivity contribution is -0.124. The van der Waals surface area contributed by atoms with Crippen LogP contribution in [-0.2, 0) is 4.79 Å². The molecule has 1 aromatic carbocycles. The van der Waals surface area contributed by atoms with Crippen LogP contribution >= 0.6 is 0 Å². The van der Waals surface area contributed by atoms with E-state index in [-0.39, 0.29) is 18.3 Å². The molecule has 1 rings (SSSR count). The Kier molecular flexibility index (Phi) is 4.73. The fourth-order valence-corrected chi connectivity index (χ4v) is 1.67. The van der Waals surface area contributed by atoms with E-state index < -0.39 is 0 Å². The van der Waals surface area contributed by atoms with Gasteiger partial charge in [0.05, 0.1) is 0 Å². The molecule has 0 fully saturated rings. The summed E-state index contributed by atoms with van der Waals surface area (Å²) < 4.78 is 5.63. The Hall–Kier alpha value is -1.31. The number of hydrogen-bond acceptors (Lipinski definition) is 2. The zero-order chi connectivity index (χ0) is 13.0. The summed E-state index contributed by atoms with van der Waals surface area (Å²) in [6, 6.07) is 4.12. The highest BCUT2D eigenvalue weighted by molar-refractivity contribution is 5.82. The monoisotopic (exact) mass is 234 g/mol. The van der Waals surface area contributed by atoms with Gasteiger partial charge in [-0.05, 0) is 49.9 Å². The van der Waals surface area contributed by atoms with E-state index >= 15 is 0 Å². The summed E-state index contributed by atoms with van der Waals surface area (Å²) in [4.78, 5) is 11.7. The second-order valence-electron chi connectivity index (χ2n) is 4.77. The lowest BCUT2D eigenvalue weighted by Crippen LogP contribution is -2.19. The fourth-order valence-electron chi connectivity index (χ4n) is 1.67. The Bertz CT molecular complexity index is 408. The van der Waals surface area contributed by atoms with Crippen molar-refractivity contribution in [3.63, 3.8) is 0 Å². The molecule has 0 bridgehead atoms. The minimum absolute atomic E-state index is 0.0845. The maximum Gasteiger partial charge on any atom is 0.172 e. The maximum absolute atomic E-state index is 11.7. The number of aryl methyl sites for hydroxylation is 2. The Labute approximate surface area is 104 Å². The van der Waals surface area contributed by atoms with Crippen LogP contribution in [0.25, 0.3) is 0 Å². The maximum atomic E-state index is 11.7. The molecule has 17 heavy (non-hydrogen) atoms. The van der Waals surface area contributed by atoms with Crippen molar-refractivity contribution in [3.05, 3.63) is 28.8 Å². The summed E-state index contributed by atoms with van der Waals surface area (Å²) in [5.74, 6) is 1.09. The molecule has 0 aliphatic heterocycles. The first-order valence-electron chi connectivity index (χ1n) is 6.19. The number of carbonyl (C=O) groups excluding carboxylic acids is 1. The molecule has 94 valence electrons. The van der Waals surface area contributed by atoms with Crippen molar-refractivity contribution in [2.45, 2.75) is 41.0 Å². The van der Waals surface area contributed by atoms with Gasteiger partial charge in [-0.15, -0.1) is 0 Å². The van der Waals surface area contributed by atoms with Gasteiger partial charge >= 0.3 is 0 Å². The van der Waals surface area contributed by atoms with Crippen LogP contribution in [0.5, 0.6) is 5.75 Å². The molecule has 0 amide bonds. The second-order valence-corrected chi connectivity index (χ2v) is 4.77. The van der Waals surface area contributed by atoms with Crippen molar-refractivity contribution in [3.8, 4) is 5.75 Å². The summed E-state index contributed by atoms with van der Waals surface area (Å²) in [7, 11) is 0. The van der Waals surface area contributed by atoms with E-state index in [1.54, 1.807) is 0 Å². The summed E-state index contributed by atoms with van der Waals surface area (Å²) in [6.45, 7) is 10.3. The molecule has 1 aromatic rings. The van der Waals surface area contributed by atoms with Crippen molar-refractivity contribution in [2.24, 2.45) is 5.92 Å². The number of rotatable bonds is 5. The van der Waals surface area contributed by atoms with Gasteiger partial charge in [0.2, 0.25) is 0 Å². The van der Waals surface area contributed by atoms with Crippen molar-refractivity contribution < 1.29 is 9.53 Å². The molecule has 0 heterocycles. The zero-order valence-corrected chi connectivity index (χ0v) is 11.5. The lowest BCUT2D eigenvalue weighted by atomic mass is 10.0. The molecule has 2 nitrogen and oxygen atoms in total. The standard InChI is InChI=1S/C15H22O2/c1-6-11(3)14(16)9-17-15-8-10(2)7-12(4)13(15)5/h7-8,11H,6,9H2,1-5H3. The molecule has 1 atom stereocenters. The molecule has 0 radical (unpaired) electrons. The van der Waals surface area contributed by atoms with Crippen LogP contribution in [0.3, 0.4) is 0 Å². The summed E-state index contributed by atoms with van der Waals surface area (Å²) >= 11 is 0. The topological polar surface area (TPSA) is 26.3 Å². The van der Waals surface area contributed by atoms with Crippen molar-refractivity contribution in [1.82, 2.24) is 0 Å². The van der Waals surface area contributed by atoms with E-state index in [2.05, 4.69) is 13.0 Å². The number of Topliss-reactive ketones (excluding diaryl/α,β-unsaturated/α-hetero) is 1. The Morgan fingerprint density at radius 2 is 1.94 bits per heavy atom. The van der Waals surface area contributed by atoms with Gasteiger partial charge < -0.3 is 4.74 Å². The van der Waals surface area contributed by atoms with Gasteiger partial charge in [0.25, 0.3) is 0 Å². The first kappa shape index (κ1) is 13.8. The lowest BCUT2D eigenvalue weighted by Gasteiger charge is -2.13. The van der Waals surface area contributed by atoms with Gasteiger partial charge in [-0.3, -0.25) is 4.79 Å². The van der Waals surface area contributed by atoms with Gasteiger partial charge in [-0.25, -0.2) is 0 Å². The normalized spacial score (nSPS) is 12.3. The average molecular weight is 234 g/mol. The first-order valence-corrected chi connectivity index (χ1v) is 6.19. The largest absolute Gasteiger partial charge is 0.486 e. The summed E-state index contributed by atoms with van der Waals surface area (Å²) in [6.07, 6.45) is 0.869. The SMILES string of the molecule is CCC(C)C(=O)COc1cc(C)cc(C)c1C. The smallest absolute Gasteiger partial charge is 0.172 e. The van der Waals surface area contributed by atoms with Crippen molar-refractivity contribution >= 4 is 5.78 Å². The molecular formula is C15H22O2. The van der Waals surface area contributed by atoms with Gasteiger partial charge in [0, 0.05) is 5.92 Å². The fraction of sp³-hybridized carbons (Fsp3) is 0.533. The molecule has 0 spiro atoms. The predicted molar refractivity (Wildman–Crippen MR) is 70.6 cm³/mol. The highest BCUT2D eigenvalue weighted by atomic mass is 16.5. The molecule has 2 heteroatoms. The van der Waals surface area contributed by atoms with Crippen molar-refractivity contribution in [1.29, 1.82) is 0 Å². The van der Waals surface area contributed by atoms with Crippen LogP contribution in [0.15, 0.2) is 12.1 Å². The highest BCUT2D eigenvalue weighted by Gasteiger charge is 2.12. The minimum Gasteiger partial charge on any atom is -0.486 e. The van der Waals surface area contributed by atoms with Gasteiger partial charge in [0.1, 0.15) is 12.4 Å². The van der Waals surface area contributed by atoms with E-state index in [9.17, 15) is 4.79 Å². The molecule has 0 aromatic heterocycles. The Balaban J connectivity index is 2.73. The Morgan fingerprint density at radius 1 is 1.29 bits per heavy atom. The molecule has 0 aliphatic carbocycles. The van der Waals surface area contributed by atoms with E-state index in [1.165, 1.54) is 11.1 Å². The molecule has 0 aliphatic rings. The Morgan fingerprint density at radius 3 is 2.53 bits per heavy atom. The van der Waals surface area contributed by atoms with E-state index in [0.717, 1.165) is 17.7 Å². The minimum atomic E-state index is 0.0845. The molecule has 1 unspecified atom stereocenters. The molecule has 0 N–H and O–H groups in total. The van der Waals surface area contributed by atoms with Crippen LogP contribution in [0.1, 0.15) is 37.0 Å². The van der Waals surface area contributed by atoms with Crippen LogP contribution in [0.2, 0.25) is 0 Å². The van der Waals surface area contributed by atoms with Crippen LogP contribution in [-0.4, -0.2) is 12.4 Å². The van der Waals surface area contributed by atoms with E-state index in [0.29, 0.717) is 0 Å².